The Labute approximate surface area is 86.0 Å². The third-order valence-electron chi connectivity index (χ3n) is 2.22. The van der Waals surface area contributed by atoms with Crippen molar-refractivity contribution >= 4 is 15.9 Å². The van der Waals surface area contributed by atoms with E-state index in [1.807, 2.05) is 0 Å². The van der Waals surface area contributed by atoms with Crippen molar-refractivity contribution in [2.45, 2.75) is 12.7 Å². The maximum Gasteiger partial charge on any atom is 0.183 e. The predicted molar refractivity (Wildman–Crippen MR) is 53.5 cm³/mol. The zero-order valence-corrected chi connectivity index (χ0v) is 9.00. The molecule has 1 aromatic carbocycles. The van der Waals surface area contributed by atoms with Crippen LogP contribution in [0.1, 0.15) is 17.4 Å². The lowest BCUT2D eigenvalue weighted by molar-refractivity contribution is -0.134. The van der Waals surface area contributed by atoms with Gasteiger partial charge in [0.05, 0.1) is 6.61 Å². The maximum atomic E-state index is 5.47. The van der Waals surface area contributed by atoms with E-state index >= 15 is 0 Å². The number of hydrogen-bond donors (Lipinski definition) is 0. The fourth-order valence-corrected chi connectivity index (χ4v) is 1.95. The van der Waals surface area contributed by atoms with Gasteiger partial charge >= 0.3 is 0 Å². The van der Waals surface area contributed by atoms with Crippen LogP contribution >= 0.6 is 15.9 Å². The summed E-state index contributed by atoms with van der Waals surface area (Å²) >= 11 is 3.44. The smallest absolute Gasteiger partial charge is 0.183 e. The van der Waals surface area contributed by atoms with Gasteiger partial charge in [-0.2, -0.15) is 0 Å². The Morgan fingerprint density at radius 3 is 3.15 bits per heavy atom. The van der Waals surface area contributed by atoms with Crippen molar-refractivity contribution in [1.82, 2.24) is 0 Å². The predicted octanol–water partition coefficient (Wildman–Crippen LogP) is 2.67. The summed E-state index contributed by atoms with van der Waals surface area (Å²) in [7, 11) is 1.67. The normalized spacial score (nSPS) is 21.2. The van der Waals surface area contributed by atoms with Crippen molar-refractivity contribution in [3.63, 3.8) is 0 Å². The Balaban J connectivity index is 2.41. The van der Waals surface area contributed by atoms with Gasteiger partial charge in [0.25, 0.3) is 0 Å². The second kappa shape index (κ2) is 3.78. The first-order chi connectivity index (χ1) is 6.31. The molecule has 2 nitrogen and oxygen atoms in total. The Morgan fingerprint density at radius 1 is 1.54 bits per heavy atom. The summed E-state index contributed by atoms with van der Waals surface area (Å²) in [5, 5.41) is 0. The third-order valence-corrected chi connectivity index (χ3v) is 2.71. The van der Waals surface area contributed by atoms with E-state index in [0.29, 0.717) is 0 Å². The highest BCUT2D eigenvalue weighted by molar-refractivity contribution is 9.10. The van der Waals surface area contributed by atoms with Crippen molar-refractivity contribution in [3.8, 4) is 0 Å². The second-order valence-corrected chi connectivity index (χ2v) is 3.95. The molecule has 0 fully saturated rings. The molecule has 0 unspecified atom stereocenters. The lowest BCUT2D eigenvalue weighted by Gasteiger charge is -2.24. The summed E-state index contributed by atoms with van der Waals surface area (Å²) in [4.78, 5) is 0. The average molecular weight is 243 g/mol. The number of fused-ring (bicyclic) bond motifs is 1. The molecule has 1 aliphatic rings. The topological polar surface area (TPSA) is 18.5 Å². The minimum Gasteiger partial charge on any atom is -0.352 e. The summed E-state index contributed by atoms with van der Waals surface area (Å²) in [6.07, 6.45) is 0.781. The van der Waals surface area contributed by atoms with Gasteiger partial charge in [-0.25, -0.2) is 0 Å². The molecule has 1 aliphatic heterocycles. The number of benzene rings is 1. The van der Waals surface area contributed by atoms with Gasteiger partial charge in [0.2, 0.25) is 0 Å². The molecular weight excluding hydrogens is 232 g/mol. The van der Waals surface area contributed by atoms with E-state index in [2.05, 4.69) is 34.1 Å². The number of hydrogen-bond acceptors (Lipinski definition) is 2. The first-order valence-electron chi connectivity index (χ1n) is 4.24. The molecule has 0 saturated heterocycles. The summed E-state index contributed by atoms with van der Waals surface area (Å²) in [6, 6.07) is 6.23. The summed E-state index contributed by atoms with van der Waals surface area (Å²) in [5.74, 6) is 0. The molecule has 1 heterocycles. The first-order valence-corrected chi connectivity index (χ1v) is 5.03. The zero-order chi connectivity index (χ0) is 9.26. The largest absolute Gasteiger partial charge is 0.352 e. The van der Waals surface area contributed by atoms with Gasteiger partial charge in [-0.15, -0.1) is 0 Å². The van der Waals surface area contributed by atoms with Crippen LogP contribution in [-0.4, -0.2) is 13.7 Å². The number of rotatable bonds is 1. The fraction of sp³-hybridized carbons (Fsp3) is 0.400. The molecule has 0 amide bonds. The summed E-state index contributed by atoms with van der Waals surface area (Å²) in [5.41, 5.74) is 2.46. The van der Waals surface area contributed by atoms with Crippen LogP contribution in [0.3, 0.4) is 0 Å². The van der Waals surface area contributed by atoms with Crippen molar-refractivity contribution in [2.24, 2.45) is 0 Å². The Morgan fingerprint density at radius 2 is 2.38 bits per heavy atom. The quantitative estimate of drug-likeness (QED) is 0.754. The monoisotopic (exact) mass is 242 g/mol. The highest BCUT2D eigenvalue weighted by Crippen LogP contribution is 2.29. The van der Waals surface area contributed by atoms with Crippen LogP contribution in [0.25, 0.3) is 0 Å². The molecule has 70 valence electrons. The maximum absolute atomic E-state index is 5.47. The Kier molecular flexibility index (Phi) is 2.67. The van der Waals surface area contributed by atoms with Gasteiger partial charge < -0.3 is 9.47 Å². The van der Waals surface area contributed by atoms with Gasteiger partial charge in [-0.3, -0.25) is 0 Å². The van der Waals surface area contributed by atoms with Gasteiger partial charge in [0, 0.05) is 17.1 Å². The van der Waals surface area contributed by atoms with E-state index in [4.69, 9.17) is 9.47 Å². The van der Waals surface area contributed by atoms with Crippen LogP contribution in [0.15, 0.2) is 22.7 Å². The van der Waals surface area contributed by atoms with E-state index in [-0.39, 0.29) is 6.29 Å². The SMILES string of the molecule is CO[C@@H]1OCCc2ccc(Br)cc21. The molecule has 1 atom stereocenters. The van der Waals surface area contributed by atoms with Crippen LogP contribution in [0.5, 0.6) is 0 Å². The molecule has 0 saturated carbocycles. The van der Waals surface area contributed by atoms with E-state index < -0.39 is 0 Å². The Bertz CT molecular complexity index is 312. The molecule has 3 heteroatoms. The minimum absolute atomic E-state index is 0.193. The standard InChI is InChI=1S/C10H11BrO2/c1-12-10-9-6-8(11)3-2-7(9)4-5-13-10/h2-3,6,10H,4-5H2,1H3/t10-/m1/s1. The molecule has 1 aromatic rings. The van der Waals surface area contributed by atoms with Crippen LogP contribution in [-0.2, 0) is 15.9 Å². The van der Waals surface area contributed by atoms with E-state index in [1.165, 1.54) is 5.56 Å². The number of ether oxygens (including phenoxy) is 2. The first kappa shape index (κ1) is 9.19. The van der Waals surface area contributed by atoms with Crippen LogP contribution in [0, 0.1) is 0 Å². The molecule has 0 bridgehead atoms. The highest BCUT2D eigenvalue weighted by atomic mass is 79.9. The molecule has 0 aliphatic carbocycles. The lowest BCUT2D eigenvalue weighted by atomic mass is 10.0. The molecule has 0 N–H and O–H groups in total. The van der Waals surface area contributed by atoms with E-state index in [1.54, 1.807) is 7.11 Å². The van der Waals surface area contributed by atoms with Crippen molar-refractivity contribution in [3.05, 3.63) is 33.8 Å². The highest BCUT2D eigenvalue weighted by Gasteiger charge is 2.19. The van der Waals surface area contributed by atoms with Crippen LogP contribution in [0.2, 0.25) is 0 Å². The van der Waals surface area contributed by atoms with Crippen molar-refractivity contribution < 1.29 is 9.47 Å². The second-order valence-electron chi connectivity index (χ2n) is 3.03. The van der Waals surface area contributed by atoms with Crippen molar-refractivity contribution in [2.75, 3.05) is 13.7 Å². The van der Waals surface area contributed by atoms with Crippen LogP contribution in [0.4, 0.5) is 0 Å². The molecule has 13 heavy (non-hydrogen) atoms. The molecule has 0 spiro atoms. The summed E-state index contributed by atoms with van der Waals surface area (Å²) in [6.45, 7) is 0.743. The zero-order valence-electron chi connectivity index (χ0n) is 7.42. The molecular formula is C10H11BrO2. The lowest BCUT2D eigenvalue weighted by Crippen LogP contribution is -2.17. The Hall–Kier alpha value is -0.380. The van der Waals surface area contributed by atoms with Gasteiger partial charge in [-0.05, 0) is 24.1 Å². The molecule has 0 aromatic heterocycles. The third kappa shape index (κ3) is 1.77. The summed E-state index contributed by atoms with van der Waals surface area (Å²) < 4.78 is 11.8. The van der Waals surface area contributed by atoms with E-state index in [0.717, 1.165) is 23.1 Å². The fourth-order valence-electron chi connectivity index (χ4n) is 1.57. The number of methoxy groups -OCH3 is 1. The number of halogens is 1. The van der Waals surface area contributed by atoms with Gasteiger partial charge in [-0.1, -0.05) is 22.0 Å². The van der Waals surface area contributed by atoms with Crippen LogP contribution < -0.4 is 0 Å². The molecule has 2 rings (SSSR count). The van der Waals surface area contributed by atoms with E-state index in [9.17, 15) is 0 Å². The van der Waals surface area contributed by atoms with Gasteiger partial charge in [0.15, 0.2) is 6.29 Å². The van der Waals surface area contributed by atoms with Gasteiger partial charge in [0.1, 0.15) is 0 Å². The molecule has 0 radical (unpaired) electrons. The minimum atomic E-state index is -0.193. The average Bonchev–Trinajstić information content (AvgIpc) is 2.17. The van der Waals surface area contributed by atoms with Crippen molar-refractivity contribution in [1.29, 1.82) is 0 Å².